The van der Waals surface area contributed by atoms with Crippen LogP contribution in [0.2, 0.25) is 5.02 Å². The summed E-state index contributed by atoms with van der Waals surface area (Å²) in [5.74, 6) is -0.116. The highest BCUT2D eigenvalue weighted by atomic mass is 35.5. The van der Waals surface area contributed by atoms with E-state index in [9.17, 15) is 4.79 Å². The number of aromatic nitrogens is 1. The molecule has 0 aliphatic carbocycles. The SMILES string of the molecule is CCc1cccc2c(C=C3NC(=S)N(C)C3=O)cn(Cc3ccc(Cl)cc3)c12. The molecular formula is C22H20ClN3OS. The number of aryl methyl sites for hydroxylation is 1. The lowest BCUT2D eigenvalue weighted by atomic mass is 10.1. The molecule has 1 saturated heterocycles. The number of nitrogens with one attached hydrogen (secondary N) is 1. The van der Waals surface area contributed by atoms with Gasteiger partial charge in [-0.1, -0.05) is 48.9 Å². The fraction of sp³-hybridized carbons (Fsp3) is 0.182. The van der Waals surface area contributed by atoms with E-state index in [-0.39, 0.29) is 5.91 Å². The van der Waals surface area contributed by atoms with Crippen LogP contribution in [-0.2, 0) is 17.8 Å². The Morgan fingerprint density at radius 3 is 2.57 bits per heavy atom. The molecule has 1 aromatic heterocycles. The summed E-state index contributed by atoms with van der Waals surface area (Å²) in [5, 5.41) is 5.28. The number of carbonyl (C=O) groups is 1. The van der Waals surface area contributed by atoms with Gasteiger partial charge in [-0.05, 0) is 48.0 Å². The Labute approximate surface area is 174 Å². The average Bonchev–Trinajstić information content (AvgIpc) is 3.16. The molecule has 0 atom stereocenters. The van der Waals surface area contributed by atoms with Crippen molar-refractivity contribution in [2.75, 3.05) is 7.05 Å². The van der Waals surface area contributed by atoms with E-state index < -0.39 is 0 Å². The number of hydrogen-bond acceptors (Lipinski definition) is 2. The number of fused-ring (bicyclic) bond motifs is 1. The molecule has 142 valence electrons. The minimum atomic E-state index is -0.116. The molecule has 1 aliphatic heterocycles. The maximum absolute atomic E-state index is 12.4. The fourth-order valence-corrected chi connectivity index (χ4v) is 3.87. The Morgan fingerprint density at radius 2 is 1.93 bits per heavy atom. The zero-order valence-corrected chi connectivity index (χ0v) is 17.3. The summed E-state index contributed by atoms with van der Waals surface area (Å²) in [4.78, 5) is 13.8. The van der Waals surface area contributed by atoms with E-state index in [2.05, 4.69) is 41.2 Å². The number of likely N-dealkylation sites (N-methyl/N-ethyl adjacent to an activating group) is 1. The maximum Gasteiger partial charge on any atom is 0.276 e. The molecule has 3 aromatic rings. The highest BCUT2D eigenvalue weighted by Crippen LogP contribution is 2.28. The van der Waals surface area contributed by atoms with Crippen LogP contribution in [0.1, 0.15) is 23.6 Å². The molecule has 28 heavy (non-hydrogen) atoms. The van der Waals surface area contributed by atoms with Gasteiger partial charge in [0.15, 0.2) is 5.11 Å². The van der Waals surface area contributed by atoms with E-state index >= 15 is 0 Å². The van der Waals surface area contributed by atoms with Crippen molar-refractivity contribution in [1.29, 1.82) is 0 Å². The van der Waals surface area contributed by atoms with Gasteiger partial charge in [-0.25, -0.2) is 0 Å². The van der Waals surface area contributed by atoms with E-state index in [0.717, 1.165) is 28.9 Å². The van der Waals surface area contributed by atoms with E-state index in [1.54, 1.807) is 7.05 Å². The first-order chi connectivity index (χ1) is 13.5. The molecular weight excluding hydrogens is 390 g/mol. The van der Waals surface area contributed by atoms with Crippen LogP contribution in [0.25, 0.3) is 17.0 Å². The van der Waals surface area contributed by atoms with E-state index in [1.807, 2.05) is 30.3 Å². The van der Waals surface area contributed by atoms with Gasteiger partial charge in [0.05, 0.1) is 5.52 Å². The van der Waals surface area contributed by atoms with Crippen molar-refractivity contribution in [1.82, 2.24) is 14.8 Å². The maximum atomic E-state index is 12.4. The molecule has 4 rings (SSSR count). The predicted molar refractivity (Wildman–Crippen MR) is 118 cm³/mol. The normalized spacial score (nSPS) is 15.7. The number of amides is 1. The lowest BCUT2D eigenvalue weighted by Gasteiger charge is -2.09. The van der Waals surface area contributed by atoms with Crippen LogP contribution in [-0.4, -0.2) is 27.5 Å². The Balaban J connectivity index is 1.83. The molecule has 1 N–H and O–H groups in total. The van der Waals surface area contributed by atoms with Crippen LogP contribution in [0.3, 0.4) is 0 Å². The monoisotopic (exact) mass is 409 g/mol. The predicted octanol–water partition coefficient (Wildman–Crippen LogP) is 4.59. The molecule has 6 heteroatoms. The molecule has 2 aromatic carbocycles. The van der Waals surface area contributed by atoms with Crippen molar-refractivity contribution < 1.29 is 4.79 Å². The second kappa shape index (κ2) is 7.41. The molecule has 1 amide bonds. The van der Waals surface area contributed by atoms with Crippen molar-refractivity contribution >= 4 is 51.8 Å². The minimum Gasteiger partial charge on any atom is -0.342 e. The summed E-state index contributed by atoms with van der Waals surface area (Å²) in [7, 11) is 1.68. The molecule has 2 heterocycles. The van der Waals surface area contributed by atoms with Crippen molar-refractivity contribution in [3.8, 4) is 0 Å². The lowest BCUT2D eigenvalue weighted by molar-refractivity contribution is -0.121. The van der Waals surface area contributed by atoms with Crippen LogP contribution in [0.4, 0.5) is 0 Å². The topological polar surface area (TPSA) is 37.3 Å². The molecule has 1 fully saturated rings. The van der Waals surface area contributed by atoms with Crippen molar-refractivity contribution in [2.24, 2.45) is 0 Å². The molecule has 1 aliphatic rings. The second-order valence-corrected chi connectivity index (χ2v) is 7.68. The fourth-order valence-electron chi connectivity index (χ4n) is 3.56. The smallest absolute Gasteiger partial charge is 0.276 e. The Morgan fingerprint density at radius 1 is 1.18 bits per heavy atom. The van der Waals surface area contributed by atoms with E-state index in [0.29, 0.717) is 10.8 Å². The number of benzene rings is 2. The standard InChI is InChI=1S/C22H20ClN3OS/c1-3-15-5-4-6-18-16(11-19-21(27)25(2)22(28)24-19)13-26(20(15)18)12-14-7-9-17(23)10-8-14/h4-11,13H,3,12H2,1-2H3,(H,24,28). The first-order valence-corrected chi connectivity index (χ1v) is 9.92. The first kappa shape index (κ1) is 18.7. The largest absolute Gasteiger partial charge is 0.342 e. The Hall–Kier alpha value is -2.63. The Bertz CT molecular complexity index is 1110. The quantitative estimate of drug-likeness (QED) is 0.505. The summed E-state index contributed by atoms with van der Waals surface area (Å²) in [5.41, 5.74) is 5.12. The number of carbonyl (C=O) groups excluding carboxylic acids is 1. The van der Waals surface area contributed by atoms with Crippen LogP contribution >= 0.6 is 23.8 Å². The zero-order chi connectivity index (χ0) is 19.8. The number of rotatable bonds is 4. The highest BCUT2D eigenvalue weighted by molar-refractivity contribution is 7.80. The van der Waals surface area contributed by atoms with Crippen LogP contribution in [0.5, 0.6) is 0 Å². The summed E-state index contributed by atoms with van der Waals surface area (Å²) in [6.45, 7) is 2.88. The van der Waals surface area contributed by atoms with Gasteiger partial charge in [-0.15, -0.1) is 0 Å². The molecule has 0 bridgehead atoms. The van der Waals surface area contributed by atoms with Gasteiger partial charge in [0.1, 0.15) is 5.70 Å². The van der Waals surface area contributed by atoms with Gasteiger partial charge in [0.25, 0.3) is 5.91 Å². The number of para-hydroxylation sites is 1. The van der Waals surface area contributed by atoms with Crippen molar-refractivity contribution in [3.05, 3.63) is 76.1 Å². The molecule has 0 saturated carbocycles. The van der Waals surface area contributed by atoms with Crippen LogP contribution in [0, 0.1) is 0 Å². The summed E-state index contributed by atoms with van der Waals surface area (Å²) < 4.78 is 2.24. The van der Waals surface area contributed by atoms with E-state index in [1.165, 1.54) is 21.5 Å². The lowest BCUT2D eigenvalue weighted by Crippen LogP contribution is -2.25. The summed E-state index contributed by atoms with van der Waals surface area (Å²) in [6.07, 6.45) is 4.92. The number of halogens is 1. The van der Waals surface area contributed by atoms with Gasteiger partial charge < -0.3 is 9.88 Å². The van der Waals surface area contributed by atoms with Crippen molar-refractivity contribution in [2.45, 2.75) is 19.9 Å². The average molecular weight is 410 g/mol. The first-order valence-electron chi connectivity index (χ1n) is 9.14. The van der Waals surface area contributed by atoms with Gasteiger partial charge in [-0.3, -0.25) is 9.69 Å². The number of hydrogen-bond donors (Lipinski definition) is 1. The van der Waals surface area contributed by atoms with Gasteiger partial charge in [0, 0.05) is 35.8 Å². The Kier molecular flexibility index (Phi) is 4.96. The summed E-state index contributed by atoms with van der Waals surface area (Å²) in [6, 6.07) is 14.2. The van der Waals surface area contributed by atoms with Gasteiger partial charge in [0.2, 0.25) is 0 Å². The highest BCUT2D eigenvalue weighted by Gasteiger charge is 2.27. The summed E-state index contributed by atoms with van der Waals surface area (Å²) >= 11 is 11.2. The van der Waals surface area contributed by atoms with Crippen LogP contribution < -0.4 is 5.32 Å². The number of nitrogens with zero attached hydrogens (tertiary/aromatic N) is 2. The second-order valence-electron chi connectivity index (χ2n) is 6.86. The van der Waals surface area contributed by atoms with Crippen molar-refractivity contribution in [3.63, 3.8) is 0 Å². The third-order valence-electron chi connectivity index (χ3n) is 5.04. The number of thiocarbonyl (C=S) groups is 1. The minimum absolute atomic E-state index is 0.116. The van der Waals surface area contributed by atoms with Gasteiger partial charge >= 0.3 is 0 Å². The van der Waals surface area contributed by atoms with Crippen LogP contribution in [0.15, 0.2) is 54.4 Å². The van der Waals surface area contributed by atoms with E-state index in [4.69, 9.17) is 23.8 Å². The zero-order valence-electron chi connectivity index (χ0n) is 15.7. The molecule has 0 spiro atoms. The molecule has 0 radical (unpaired) electrons. The molecule has 4 nitrogen and oxygen atoms in total. The van der Waals surface area contributed by atoms with Gasteiger partial charge in [-0.2, -0.15) is 0 Å². The molecule has 0 unspecified atom stereocenters. The third kappa shape index (κ3) is 3.32. The third-order valence-corrected chi connectivity index (χ3v) is 5.67.